The van der Waals surface area contributed by atoms with E-state index < -0.39 is 0 Å². The van der Waals surface area contributed by atoms with Crippen LogP contribution in [0.4, 0.5) is 5.69 Å². The Morgan fingerprint density at radius 3 is 2.95 bits per heavy atom. The number of benzene rings is 1. The molecule has 0 radical (unpaired) electrons. The van der Waals surface area contributed by atoms with Crippen molar-refractivity contribution in [1.82, 2.24) is 15.5 Å². The van der Waals surface area contributed by atoms with Crippen molar-refractivity contribution < 1.29 is 4.79 Å². The number of nitrogens with zero attached hydrogens (tertiary/aromatic N) is 2. The molecule has 1 unspecified atom stereocenters. The van der Waals surface area contributed by atoms with Gasteiger partial charge in [0.2, 0.25) is 0 Å². The van der Waals surface area contributed by atoms with Crippen molar-refractivity contribution in [3.63, 3.8) is 0 Å². The van der Waals surface area contributed by atoms with E-state index in [1.165, 1.54) is 5.69 Å². The average Bonchev–Trinajstić information content (AvgIpc) is 3.11. The van der Waals surface area contributed by atoms with Crippen LogP contribution in [0, 0.1) is 0 Å². The number of aromatic nitrogens is 2. The van der Waals surface area contributed by atoms with Gasteiger partial charge in [0, 0.05) is 31.0 Å². The summed E-state index contributed by atoms with van der Waals surface area (Å²) in [7, 11) is 0. The summed E-state index contributed by atoms with van der Waals surface area (Å²) < 4.78 is 0. The first-order valence-corrected chi connectivity index (χ1v) is 6.42. The van der Waals surface area contributed by atoms with Gasteiger partial charge in [0.1, 0.15) is 0 Å². The molecule has 3 rings (SSSR count). The molecule has 2 heterocycles. The van der Waals surface area contributed by atoms with E-state index in [9.17, 15) is 4.79 Å². The Morgan fingerprint density at radius 1 is 1.37 bits per heavy atom. The molecule has 0 saturated carbocycles. The fourth-order valence-corrected chi connectivity index (χ4v) is 2.40. The van der Waals surface area contributed by atoms with Crippen LogP contribution < -0.4 is 10.2 Å². The van der Waals surface area contributed by atoms with Gasteiger partial charge in [-0.1, -0.05) is 18.2 Å². The van der Waals surface area contributed by atoms with E-state index in [1.807, 2.05) is 18.2 Å². The first-order chi connectivity index (χ1) is 9.33. The summed E-state index contributed by atoms with van der Waals surface area (Å²) in [4.78, 5) is 14.2. The van der Waals surface area contributed by atoms with Crippen LogP contribution in [0.2, 0.25) is 0 Å². The zero-order chi connectivity index (χ0) is 13.1. The van der Waals surface area contributed by atoms with Crippen LogP contribution in [0.15, 0.2) is 42.7 Å². The third-order valence-corrected chi connectivity index (χ3v) is 3.41. The van der Waals surface area contributed by atoms with Crippen molar-refractivity contribution in [3.05, 3.63) is 48.3 Å². The van der Waals surface area contributed by atoms with Crippen LogP contribution in [-0.2, 0) is 0 Å². The number of amides is 1. The molecule has 1 atom stereocenters. The number of hydrogen-bond donors (Lipinski definition) is 2. The second kappa shape index (κ2) is 5.14. The van der Waals surface area contributed by atoms with Crippen molar-refractivity contribution in [1.29, 1.82) is 0 Å². The quantitative estimate of drug-likeness (QED) is 0.873. The average molecular weight is 256 g/mol. The Labute approximate surface area is 111 Å². The minimum absolute atomic E-state index is 0.0614. The lowest BCUT2D eigenvalue weighted by atomic mass is 10.2. The molecule has 1 fully saturated rings. The highest BCUT2D eigenvalue weighted by atomic mass is 16.1. The van der Waals surface area contributed by atoms with Gasteiger partial charge in [0.15, 0.2) is 0 Å². The van der Waals surface area contributed by atoms with Crippen molar-refractivity contribution in [3.8, 4) is 0 Å². The van der Waals surface area contributed by atoms with Gasteiger partial charge < -0.3 is 10.2 Å². The third kappa shape index (κ3) is 2.59. The summed E-state index contributed by atoms with van der Waals surface area (Å²) in [5.74, 6) is -0.0614. The van der Waals surface area contributed by atoms with Crippen molar-refractivity contribution >= 4 is 11.6 Å². The van der Waals surface area contributed by atoms with E-state index in [4.69, 9.17) is 0 Å². The highest BCUT2D eigenvalue weighted by molar-refractivity contribution is 5.93. The van der Waals surface area contributed by atoms with Crippen molar-refractivity contribution in [2.45, 2.75) is 12.5 Å². The molecule has 5 heteroatoms. The van der Waals surface area contributed by atoms with E-state index >= 15 is 0 Å². The van der Waals surface area contributed by atoms with Gasteiger partial charge in [-0.2, -0.15) is 5.10 Å². The first-order valence-electron chi connectivity index (χ1n) is 6.42. The zero-order valence-corrected chi connectivity index (χ0v) is 10.5. The molecule has 1 aliphatic rings. The van der Waals surface area contributed by atoms with Crippen LogP contribution in [0.1, 0.15) is 16.8 Å². The Balaban J connectivity index is 1.59. The van der Waals surface area contributed by atoms with Gasteiger partial charge in [-0.25, -0.2) is 0 Å². The SMILES string of the molecule is O=C(NC1CCN(c2ccccc2)C1)c1cn[nH]c1. The maximum Gasteiger partial charge on any atom is 0.254 e. The highest BCUT2D eigenvalue weighted by Gasteiger charge is 2.24. The molecule has 1 amide bonds. The van der Waals surface area contributed by atoms with E-state index in [2.05, 4.69) is 32.5 Å². The van der Waals surface area contributed by atoms with Gasteiger partial charge in [0.25, 0.3) is 5.91 Å². The number of hydrogen-bond acceptors (Lipinski definition) is 3. The second-order valence-electron chi connectivity index (χ2n) is 4.73. The molecule has 0 spiro atoms. The highest BCUT2D eigenvalue weighted by Crippen LogP contribution is 2.19. The fraction of sp³-hybridized carbons (Fsp3) is 0.286. The number of carbonyl (C=O) groups excluding carboxylic acids is 1. The van der Waals surface area contributed by atoms with Crippen LogP contribution >= 0.6 is 0 Å². The lowest BCUT2D eigenvalue weighted by molar-refractivity contribution is 0.0940. The fourth-order valence-electron chi connectivity index (χ4n) is 2.40. The standard InChI is InChI=1S/C14H16N4O/c19-14(11-8-15-16-9-11)17-12-6-7-18(10-12)13-4-2-1-3-5-13/h1-5,8-9,12H,6-7,10H2,(H,15,16)(H,17,19). The van der Waals surface area contributed by atoms with Crippen LogP contribution in [0.5, 0.6) is 0 Å². The molecular formula is C14H16N4O. The van der Waals surface area contributed by atoms with Crippen LogP contribution in [-0.4, -0.2) is 35.2 Å². The number of nitrogens with one attached hydrogen (secondary N) is 2. The molecular weight excluding hydrogens is 240 g/mol. The summed E-state index contributed by atoms with van der Waals surface area (Å²) in [6.45, 7) is 1.83. The molecule has 1 aromatic heterocycles. The molecule has 2 aromatic rings. The molecule has 1 saturated heterocycles. The Hall–Kier alpha value is -2.30. The maximum atomic E-state index is 11.9. The molecule has 1 aliphatic heterocycles. The van der Waals surface area contributed by atoms with E-state index in [-0.39, 0.29) is 11.9 Å². The van der Waals surface area contributed by atoms with E-state index in [1.54, 1.807) is 12.4 Å². The predicted molar refractivity (Wildman–Crippen MR) is 73.1 cm³/mol. The topological polar surface area (TPSA) is 61.0 Å². The molecule has 98 valence electrons. The van der Waals surface area contributed by atoms with Gasteiger partial charge in [-0.3, -0.25) is 9.89 Å². The summed E-state index contributed by atoms with van der Waals surface area (Å²) >= 11 is 0. The van der Waals surface area contributed by atoms with E-state index in [0.717, 1.165) is 19.5 Å². The number of H-pyrrole nitrogens is 1. The van der Waals surface area contributed by atoms with Crippen molar-refractivity contribution in [2.24, 2.45) is 0 Å². The molecule has 19 heavy (non-hydrogen) atoms. The normalized spacial score (nSPS) is 18.5. The Kier molecular flexibility index (Phi) is 3.18. The second-order valence-corrected chi connectivity index (χ2v) is 4.73. The first kappa shape index (κ1) is 11.8. The zero-order valence-electron chi connectivity index (χ0n) is 10.5. The monoisotopic (exact) mass is 256 g/mol. The third-order valence-electron chi connectivity index (χ3n) is 3.41. The summed E-state index contributed by atoms with van der Waals surface area (Å²) in [6, 6.07) is 10.5. The summed E-state index contributed by atoms with van der Waals surface area (Å²) in [5.41, 5.74) is 1.79. The lowest BCUT2D eigenvalue weighted by Gasteiger charge is -2.18. The molecule has 1 aromatic carbocycles. The van der Waals surface area contributed by atoms with E-state index in [0.29, 0.717) is 5.56 Å². The number of rotatable bonds is 3. The van der Waals surface area contributed by atoms with Gasteiger partial charge in [-0.05, 0) is 18.6 Å². The van der Waals surface area contributed by atoms with Crippen LogP contribution in [0.3, 0.4) is 0 Å². The van der Waals surface area contributed by atoms with Crippen molar-refractivity contribution in [2.75, 3.05) is 18.0 Å². The minimum atomic E-state index is -0.0614. The number of aromatic amines is 1. The molecule has 0 bridgehead atoms. The summed E-state index contributed by atoms with van der Waals surface area (Å²) in [6.07, 6.45) is 4.12. The minimum Gasteiger partial charge on any atom is -0.369 e. The van der Waals surface area contributed by atoms with Gasteiger partial charge >= 0.3 is 0 Å². The molecule has 0 aliphatic carbocycles. The number of para-hydroxylation sites is 1. The predicted octanol–water partition coefficient (Wildman–Crippen LogP) is 1.42. The number of anilines is 1. The van der Waals surface area contributed by atoms with Gasteiger partial charge in [0.05, 0.1) is 11.8 Å². The molecule has 2 N–H and O–H groups in total. The molecule has 5 nitrogen and oxygen atoms in total. The summed E-state index contributed by atoms with van der Waals surface area (Å²) in [5, 5.41) is 9.47. The Morgan fingerprint density at radius 2 is 2.21 bits per heavy atom. The maximum absolute atomic E-state index is 11.9. The van der Waals surface area contributed by atoms with Gasteiger partial charge in [-0.15, -0.1) is 0 Å². The smallest absolute Gasteiger partial charge is 0.254 e. The largest absolute Gasteiger partial charge is 0.369 e. The lowest BCUT2D eigenvalue weighted by Crippen LogP contribution is -2.36. The van der Waals surface area contributed by atoms with Crippen LogP contribution in [0.25, 0.3) is 0 Å². The Bertz CT molecular complexity index is 538. The number of carbonyl (C=O) groups is 1.